The van der Waals surface area contributed by atoms with Gasteiger partial charge in [0.15, 0.2) is 0 Å². The zero-order valence-electron chi connectivity index (χ0n) is 10.5. The van der Waals surface area contributed by atoms with E-state index in [2.05, 4.69) is 5.32 Å². The van der Waals surface area contributed by atoms with E-state index in [1.165, 1.54) is 38.4 Å². The molecule has 3 N–H and O–H groups in total. The second kappa shape index (κ2) is 5.47. The topological polar surface area (TPSA) is 92.5 Å². The smallest absolute Gasteiger partial charge is 0.242 e. The van der Waals surface area contributed by atoms with Crippen LogP contribution in [-0.4, -0.2) is 38.8 Å². The van der Waals surface area contributed by atoms with Crippen LogP contribution in [0.15, 0.2) is 29.2 Å². The molecule has 1 aromatic carbocycles. The second-order valence-corrected chi connectivity index (χ2v) is 6.24. The minimum absolute atomic E-state index is 0.172. The van der Waals surface area contributed by atoms with Crippen LogP contribution < -0.4 is 11.1 Å². The standard InChI is InChI=1S/C11H17N3O3S/c1-8(12)11(15)13-9-4-6-10(7-5-9)18(16,17)14(2)3/h4-8H,12H2,1-3H3,(H,13,15)/t8-/m0/s1. The second-order valence-electron chi connectivity index (χ2n) is 4.09. The number of anilines is 1. The number of hydrogen-bond donors (Lipinski definition) is 2. The van der Waals surface area contributed by atoms with Gasteiger partial charge in [0.25, 0.3) is 0 Å². The van der Waals surface area contributed by atoms with Gasteiger partial charge in [-0.1, -0.05) is 0 Å². The third kappa shape index (κ3) is 3.28. The molecule has 1 amide bonds. The van der Waals surface area contributed by atoms with Crippen molar-refractivity contribution in [2.75, 3.05) is 19.4 Å². The molecule has 0 fully saturated rings. The molecule has 0 aliphatic rings. The van der Waals surface area contributed by atoms with E-state index in [1.54, 1.807) is 6.92 Å². The Bertz CT molecular complexity index is 521. The van der Waals surface area contributed by atoms with Crippen LogP contribution in [0.5, 0.6) is 0 Å². The number of rotatable bonds is 4. The van der Waals surface area contributed by atoms with Crippen LogP contribution in [0, 0.1) is 0 Å². The molecular weight excluding hydrogens is 254 g/mol. The Morgan fingerprint density at radius 2 is 1.78 bits per heavy atom. The van der Waals surface area contributed by atoms with Gasteiger partial charge in [-0.05, 0) is 31.2 Å². The predicted molar refractivity (Wildman–Crippen MR) is 69.6 cm³/mol. The van der Waals surface area contributed by atoms with Gasteiger partial charge in [0.1, 0.15) is 0 Å². The van der Waals surface area contributed by atoms with E-state index in [-0.39, 0.29) is 10.8 Å². The molecule has 1 aromatic rings. The maximum atomic E-state index is 11.8. The van der Waals surface area contributed by atoms with Crippen LogP contribution in [0.25, 0.3) is 0 Å². The summed E-state index contributed by atoms with van der Waals surface area (Å²) in [6, 6.07) is 5.31. The third-order valence-electron chi connectivity index (χ3n) is 2.31. The average molecular weight is 271 g/mol. The lowest BCUT2D eigenvalue weighted by atomic mass is 10.3. The zero-order chi connectivity index (χ0) is 13.9. The summed E-state index contributed by atoms with van der Waals surface area (Å²) < 4.78 is 24.7. The first-order chi connectivity index (χ1) is 8.25. The number of nitrogens with zero attached hydrogens (tertiary/aromatic N) is 1. The van der Waals surface area contributed by atoms with Crippen molar-refractivity contribution in [2.24, 2.45) is 5.73 Å². The average Bonchev–Trinajstić information content (AvgIpc) is 2.29. The molecule has 0 saturated heterocycles. The molecule has 0 aromatic heterocycles. The van der Waals surface area contributed by atoms with Gasteiger partial charge in [-0.25, -0.2) is 12.7 Å². The number of hydrogen-bond acceptors (Lipinski definition) is 4. The maximum absolute atomic E-state index is 11.8. The number of amides is 1. The Balaban J connectivity index is 2.91. The van der Waals surface area contributed by atoms with E-state index in [0.717, 1.165) is 4.31 Å². The lowest BCUT2D eigenvalue weighted by molar-refractivity contribution is -0.117. The van der Waals surface area contributed by atoms with E-state index in [9.17, 15) is 13.2 Å². The van der Waals surface area contributed by atoms with Gasteiger partial charge in [-0.15, -0.1) is 0 Å². The first kappa shape index (κ1) is 14.6. The summed E-state index contributed by atoms with van der Waals surface area (Å²) >= 11 is 0. The lowest BCUT2D eigenvalue weighted by Crippen LogP contribution is -2.32. The SMILES string of the molecule is C[C@H](N)C(=O)Nc1ccc(S(=O)(=O)N(C)C)cc1. The highest BCUT2D eigenvalue weighted by Gasteiger charge is 2.16. The predicted octanol–water partition coefficient (Wildman–Crippen LogP) is 0.223. The normalized spacial score (nSPS) is 13.4. The molecule has 6 nitrogen and oxygen atoms in total. The zero-order valence-corrected chi connectivity index (χ0v) is 11.4. The van der Waals surface area contributed by atoms with Gasteiger partial charge >= 0.3 is 0 Å². The Morgan fingerprint density at radius 1 is 1.28 bits per heavy atom. The van der Waals surface area contributed by atoms with Crippen molar-refractivity contribution in [2.45, 2.75) is 17.9 Å². The molecular formula is C11H17N3O3S. The molecule has 1 rings (SSSR count). The Hall–Kier alpha value is -1.44. The molecule has 7 heteroatoms. The molecule has 0 aliphatic heterocycles. The van der Waals surface area contributed by atoms with Crippen LogP contribution in [-0.2, 0) is 14.8 Å². The Morgan fingerprint density at radius 3 is 2.17 bits per heavy atom. The van der Waals surface area contributed by atoms with Gasteiger partial charge in [-0.3, -0.25) is 4.79 Å². The largest absolute Gasteiger partial charge is 0.325 e. The van der Waals surface area contributed by atoms with Crippen LogP contribution in [0.3, 0.4) is 0 Å². The highest BCUT2D eigenvalue weighted by Crippen LogP contribution is 2.16. The highest BCUT2D eigenvalue weighted by atomic mass is 32.2. The van der Waals surface area contributed by atoms with E-state index >= 15 is 0 Å². The summed E-state index contributed by atoms with van der Waals surface area (Å²) in [7, 11) is -0.524. The molecule has 0 saturated carbocycles. The molecule has 0 unspecified atom stereocenters. The van der Waals surface area contributed by atoms with Crippen LogP contribution in [0.1, 0.15) is 6.92 Å². The van der Waals surface area contributed by atoms with E-state index in [0.29, 0.717) is 5.69 Å². The van der Waals surface area contributed by atoms with E-state index in [1.807, 2.05) is 0 Å². The molecule has 1 atom stereocenters. The van der Waals surface area contributed by atoms with Gasteiger partial charge in [0.05, 0.1) is 10.9 Å². The molecule has 0 heterocycles. The molecule has 0 bridgehead atoms. The fourth-order valence-corrected chi connectivity index (χ4v) is 2.08. The third-order valence-corrected chi connectivity index (χ3v) is 4.14. The van der Waals surface area contributed by atoms with Gasteiger partial charge in [0.2, 0.25) is 15.9 Å². The van der Waals surface area contributed by atoms with Gasteiger partial charge in [0, 0.05) is 19.8 Å². The van der Waals surface area contributed by atoms with Crippen LogP contribution in [0.4, 0.5) is 5.69 Å². The van der Waals surface area contributed by atoms with E-state index in [4.69, 9.17) is 5.73 Å². The van der Waals surface area contributed by atoms with Crippen molar-refractivity contribution in [1.29, 1.82) is 0 Å². The fourth-order valence-electron chi connectivity index (χ4n) is 1.18. The first-order valence-corrected chi connectivity index (χ1v) is 6.78. The highest BCUT2D eigenvalue weighted by molar-refractivity contribution is 7.89. The monoisotopic (exact) mass is 271 g/mol. The summed E-state index contributed by atoms with van der Waals surface area (Å²) in [6.07, 6.45) is 0. The molecule has 0 aliphatic carbocycles. The number of carbonyl (C=O) groups excluding carboxylic acids is 1. The minimum atomic E-state index is -3.44. The quantitative estimate of drug-likeness (QED) is 0.819. The van der Waals surface area contributed by atoms with Crippen LogP contribution >= 0.6 is 0 Å². The summed E-state index contributed by atoms with van der Waals surface area (Å²) in [5, 5.41) is 2.58. The van der Waals surface area contributed by atoms with Crippen molar-refractivity contribution in [3.05, 3.63) is 24.3 Å². The lowest BCUT2D eigenvalue weighted by Gasteiger charge is -2.12. The number of benzene rings is 1. The van der Waals surface area contributed by atoms with Crippen molar-refractivity contribution >= 4 is 21.6 Å². The summed E-state index contributed by atoms with van der Waals surface area (Å²) in [5.74, 6) is -0.321. The molecule has 18 heavy (non-hydrogen) atoms. The molecule has 0 spiro atoms. The van der Waals surface area contributed by atoms with Gasteiger partial charge in [-0.2, -0.15) is 0 Å². The van der Waals surface area contributed by atoms with Crippen molar-refractivity contribution in [3.8, 4) is 0 Å². The Labute approximate surface area is 107 Å². The summed E-state index contributed by atoms with van der Waals surface area (Å²) in [4.78, 5) is 11.5. The summed E-state index contributed by atoms with van der Waals surface area (Å²) in [6.45, 7) is 1.57. The van der Waals surface area contributed by atoms with Gasteiger partial charge < -0.3 is 11.1 Å². The number of sulfonamides is 1. The number of carbonyl (C=O) groups is 1. The van der Waals surface area contributed by atoms with Crippen molar-refractivity contribution < 1.29 is 13.2 Å². The maximum Gasteiger partial charge on any atom is 0.242 e. The van der Waals surface area contributed by atoms with E-state index < -0.39 is 16.1 Å². The van der Waals surface area contributed by atoms with Crippen molar-refractivity contribution in [3.63, 3.8) is 0 Å². The molecule has 0 radical (unpaired) electrons. The fraction of sp³-hybridized carbons (Fsp3) is 0.364. The molecule has 100 valence electrons. The minimum Gasteiger partial charge on any atom is -0.325 e. The van der Waals surface area contributed by atoms with Crippen LogP contribution in [0.2, 0.25) is 0 Å². The summed E-state index contributed by atoms with van der Waals surface area (Å²) in [5.41, 5.74) is 5.92. The number of nitrogens with two attached hydrogens (primary N) is 1. The number of nitrogens with one attached hydrogen (secondary N) is 1. The Kier molecular flexibility index (Phi) is 4.44. The first-order valence-electron chi connectivity index (χ1n) is 5.34. The van der Waals surface area contributed by atoms with Crippen molar-refractivity contribution in [1.82, 2.24) is 4.31 Å².